The fraction of sp³-hybridized carbons (Fsp3) is 0. The summed E-state index contributed by atoms with van der Waals surface area (Å²) in [5, 5.41) is 8.83. The Bertz CT molecular complexity index is 521. The minimum Gasteiger partial charge on any atom is -0.207 e. The first-order chi connectivity index (χ1) is 6.36. The molecule has 0 saturated heterocycles. The fourth-order valence-electron chi connectivity index (χ4n) is 0.802. The zero-order chi connectivity index (χ0) is 10.9. The Morgan fingerprint density at radius 1 is 1.43 bits per heavy atom. The highest BCUT2D eigenvalue weighted by Gasteiger charge is 2.16. The lowest BCUT2D eigenvalue weighted by molar-refractivity contribution is 0.609. The molecule has 0 radical (unpaired) electrons. The molecule has 0 aliphatic carbocycles. The maximum Gasteiger partial charge on any atom is 0.262 e. The minimum absolute atomic E-state index is 0.0892. The van der Waals surface area contributed by atoms with Crippen LogP contribution in [0.4, 0.5) is 0 Å². The molecule has 0 aliphatic heterocycles. The molecule has 0 aliphatic rings. The Balaban J connectivity index is 3.58. The highest BCUT2D eigenvalue weighted by molar-refractivity contribution is 14.1. The summed E-state index contributed by atoms with van der Waals surface area (Å²) in [5.41, 5.74) is 0.0892. The zero-order valence-electron chi connectivity index (χ0n) is 6.46. The van der Waals surface area contributed by atoms with E-state index in [1.165, 1.54) is 6.07 Å². The van der Waals surface area contributed by atoms with E-state index in [9.17, 15) is 8.42 Å². The highest BCUT2D eigenvalue weighted by atomic mass is 127. The molecule has 0 bridgehead atoms. The number of hydrogen-bond acceptors (Lipinski definition) is 3. The average Bonchev–Trinajstić information content (AvgIpc) is 2.02. The van der Waals surface area contributed by atoms with Crippen molar-refractivity contribution in [3.8, 4) is 6.07 Å². The molecule has 0 N–H and O–H groups in total. The Labute approximate surface area is 104 Å². The standard InChI is InChI=1S/C7H2Cl2INO2S/c8-5-2-6(10)7(14(9,12)13)1-4(5)3-11/h1-2H. The van der Waals surface area contributed by atoms with E-state index in [1.807, 2.05) is 0 Å². The summed E-state index contributed by atoms with van der Waals surface area (Å²) in [4.78, 5) is -0.0966. The van der Waals surface area contributed by atoms with Gasteiger partial charge in [0, 0.05) is 14.3 Å². The lowest BCUT2D eigenvalue weighted by atomic mass is 10.2. The van der Waals surface area contributed by atoms with E-state index in [0.29, 0.717) is 3.57 Å². The molecule has 0 saturated carbocycles. The normalized spacial score (nSPS) is 11.0. The second-order valence-electron chi connectivity index (χ2n) is 2.31. The van der Waals surface area contributed by atoms with Crippen LogP contribution in [-0.4, -0.2) is 8.42 Å². The molecule has 1 aromatic rings. The second kappa shape index (κ2) is 4.23. The Hall–Kier alpha value is -0.0300. The topological polar surface area (TPSA) is 57.9 Å². The monoisotopic (exact) mass is 361 g/mol. The molecule has 3 nitrogen and oxygen atoms in total. The van der Waals surface area contributed by atoms with Crippen LogP contribution in [0.15, 0.2) is 17.0 Å². The molecule has 1 rings (SSSR count). The van der Waals surface area contributed by atoms with E-state index in [1.54, 1.807) is 28.7 Å². The molecule has 0 aromatic heterocycles. The van der Waals surface area contributed by atoms with Crippen molar-refractivity contribution in [3.05, 3.63) is 26.3 Å². The number of halogens is 3. The van der Waals surface area contributed by atoms with Gasteiger partial charge in [-0.3, -0.25) is 0 Å². The quantitative estimate of drug-likeness (QED) is 0.570. The van der Waals surface area contributed by atoms with E-state index in [4.69, 9.17) is 27.5 Å². The highest BCUT2D eigenvalue weighted by Crippen LogP contribution is 2.27. The van der Waals surface area contributed by atoms with Gasteiger partial charge in [-0.05, 0) is 34.7 Å². The number of benzene rings is 1. The van der Waals surface area contributed by atoms with E-state index < -0.39 is 9.05 Å². The molecule has 0 atom stereocenters. The van der Waals surface area contributed by atoms with Crippen LogP contribution in [0.25, 0.3) is 0 Å². The summed E-state index contributed by atoms with van der Waals surface area (Å²) < 4.78 is 22.5. The molecule has 1 aromatic carbocycles. The van der Waals surface area contributed by atoms with Gasteiger partial charge >= 0.3 is 0 Å². The summed E-state index contributed by atoms with van der Waals surface area (Å²) in [6.07, 6.45) is 0. The lowest BCUT2D eigenvalue weighted by Gasteiger charge is -2.02. The van der Waals surface area contributed by atoms with Crippen LogP contribution in [0.5, 0.6) is 0 Å². The SMILES string of the molecule is N#Cc1cc(S(=O)(=O)Cl)c(I)cc1Cl. The van der Waals surface area contributed by atoms with Crippen molar-refractivity contribution in [2.45, 2.75) is 4.90 Å². The van der Waals surface area contributed by atoms with Crippen molar-refractivity contribution in [3.63, 3.8) is 0 Å². The molecular formula is C7H2Cl2INO2S. The van der Waals surface area contributed by atoms with Gasteiger partial charge in [0.2, 0.25) is 0 Å². The summed E-state index contributed by atoms with van der Waals surface area (Å²) in [5.74, 6) is 0. The second-order valence-corrected chi connectivity index (χ2v) is 6.42. The smallest absolute Gasteiger partial charge is 0.207 e. The zero-order valence-corrected chi connectivity index (χ0v) is 10.9. The summed E-state index contributed by atoms with van der Waals surface area (Å²) in [6.45, 7) is 0. The van der Waals surface area contributed by atoms with Gasteiger partial charge in [-0.25, -0.2) is 8.42 Å². The molecule has 0 unspecified atom stereocenters. The largest absolute Gasteiger partial charge is 0.262 e. The average molecular weight is 362 g/mol. The van der Waals surface area contributed by atoms with Crippen molar-refractivity contribution >= 4 is 53.9 Å². The van der Waals surface area contributed by atoms with Crippen molar-refractivity contribution < 1.29 is 8.42 Å². The van der Waals surface area contributed by atoms with Crippen LogP contribution in [0, 0.1) is 14.9 Å². The van der Waals surface area contributed by atoms with Crippen LogP contribution in [0.3, 0.4) is 0 Å². The van der Waals surface area contributed by atoms with Gasteiger partial charge in [-0.15, -0.1) is 0 Å². The third-order valence-electron chi connectivity index (χ3n) is 1.40. The lowest BCUT2D eigenvalue weighted by Crippen LogP contribution is -1.96. The fourth-order valence-corrected chi connectivity index (χ4v) is 3.85. The van der Waals surface area contributed by atoms with Crippen LogP contribution in [-0.2, 0) is 9.05 Å². The maximum absolute atomic E-state index is 11.0. The third-order valence-corrected chi connectivity index (χ3v) is 4.34. The predicted octanol–water partition coefficient (Wildman–Crippen LogP) is 2.74. The van der Waals surface area contributed by atoms with Crippen molar-refractivity contribution in [2.75, 3.05) is 0 Å². The Kier molecular flexibility index (Phi) is 3.63. The molecule has 0 heterocycles. The first-order valence-corrected chi connectivity index (χ1v) is 6.96. The van der Waals surface area contributed by atoms with Gasteiger partial charge < -0.3 is 0 Å². The van der Waals surface area contributed by atoms with Gasteiger partial charge in [0.15, 0.2) is 0 Å². The summed E-state index contributed by atoms with van der Waals surface area (Å²) in [6, 6.07) is 4.32. The van der Waals surface area contributed by atoms with Crippen LogP contribution in [0.1, 0.15) is 5.56 Å². The molecule has 0 spiro atoms. The Morgan fingerprint density at radius 2 is 2.00 bits per heavy atom. The number of nitriles is 1. The Morgan fingerprint density at radius 3 is 2.43 bits per heavy atom. The maximum atomic E-state index is 11.0. The van der Waals surface area contributed by atoms with Crippen LogP contribution >= 0.6 is 44.9 Å². The van der Waals surface area contributed by atoms with Crippen LogP contribution in [0.2, 0.25) is 5.02 Å². The van der Waals surface area contributed by atoms with Gasteiger partial charge in [0.1, 0.15) is 6.07 Å². The summed E-state index contributed by atoms with van der Waals surface area (Å²) in [7, 11) is 1.33. The van der Waals surface area contributed by atoms with E-state index in [-0.39, 0.29) is 15.5 Å². The van der Waals surface area contributed by atoms with Gasteiger partial charge in [0.25, 0.3) is 9.05 Å². The van der Waals surface area contributed by atoms with E-state index >= 15 is 0 Å². The van der Waals surface area contributed by atoms with Gasteiger partial charge in [0.05, 0.1) is 15.5 Å². The van der Waals surface area contributed by atoms with Crippen molar-refractivity contribution in [1.82, 2.24) is 0 Å². The molecule has 7 heteroatoms. The molecule has 0 fully saturated rings. The van der Waals surface area contributed by atoms with E-state index in [2.05, 4.69) is 0 Å². The van der Waals surface area contributed by atoms with Crippen molar-refractivity contribution in [2.24, 2.45) is 0 Å². The molecule has 74 valence electrons. The number of hydrogen-bond donors (Lipinski definition) is 0. The molecule has 0 amide bonds. The van der Waals surface area contributed by atoms with Gasteiger partial charge in [-0.1, -0.05) is 11.6 Å². The first-order valence-electron chi connectivity index (χ1n) is 3.20. The van der Waals surface area contributed by atoms with E-state index in [0.717, 1.165) is 6.07 Å². The molecule has 14 heavy (non-hydrogen) atoms. The predicted molar refractivity (Wildman–Crippen MR) is 61.9 cm³/mol. The first kappa shape index (κ1) is 12.0. The molecular weight excluding hydrogens is 360 g/mol. The minimum atomic E-state index is -3.83. The number of nitrogens with zero attached hydrogens (tertiary/aromatic N) is 1. The summed E-state index contributed by atoms with van der Waals surface area (Å²) >= 11 is 7.47. The van der Waals surface area contributed by atoms with Gasteiger partial charge in [-0.2, -0.15) is 5.26 Å². The van der Waals surface area contributed by atoms with Crippen LogP contribution < -0.4 is 0 Å². The van der Waals surface area contributed by atoms with Crippen molar-refractivity contribution in [1.29, 1.82) is 5.26 Å². The third kappa shape index (κ3) is 2.51. The number of rotatable bonds is 1.